The van der Waals surface area contributed by atoms with E-state index in [0.717, 1.165) is 29.3 Å². The van der Waals surface area contributed by atoms with Gasteiger partial charge in [0.1, 0.15) is 11.5 Å². The van der Waals surface area contributed by atoms with Crippen LogP contribution in [0.4, 0.5) is 5.69 Å². The quantitative estimate of drug-likeness (QED) is 0.825. The zero-order valence-corrected chi connectivity index (χ0v) is 10.9. The van der Waals surface area contributed by atoms with E-state index in [9.17, 15) is 0 Å². The maximum atomic E-state index is 8.85. The predicted octanol–water partition coefficient (Wildman–Crippen LogP) is 3.40. The molecule has 0 atom stereocenters. The Kier molecular flexibility index (Phi) is 3.38. The van der Waals surface area contributed by atoms with Crippen molar-refractivity contribution in [1.82, 2.24) is 0 Å². The Hall–Kier alpha value is -2.21. The number of aryl methyl sites for hydroxylation is 2. The summed E-state index contributed by atoms with van der Waals surface area (Å²) in [6, 6.07) is 11.8. The van der Waals surface area contributed by atoms with Gasteiger partial charge in [0, 0.05) is 12.7 Å². The Balaban J connectivity index is 2.19. The molecule has 18 heavy (non-hydrogen) atoms. The normalized spacial score (nSPS) is 10.1. The van der Waals surface area contributed by atoms with E-state index in [2.05, 4.69) is 11.0 Å². The Morgan fingerprint density at radius 1 is 1.22 bits per heavy atom. The van der Waals surface area contributed by atoms with Gasteiger partial charge in [0.2, 0.25) is 0 Å². The third-order valence-electron chi connectivity index (χ3n) is 2.93. The molecule has 2 aromatic rings. The first-order valence-electron chi connectivity index (χ1n) is 5.87. The highest BCUT2D eigenvalue weighted by Crippen LogP contribution is 2.22. The second kappa shape index (κ2) is 4.97. The SMILES string of the molecule is Cc1ccc(CN(C)c2ccc(C#N)cc2C)o1. The Morgan fingerprint density at radius 3 is 2.56 bits per heavy atom. The van der Waals surface area contributed by atoms with E-state index in [1.165, 1.54) is 0 Å². The van der Waals surface area contributed by atoms with Crippen molar-refractivity contribution in [2.24, 2.45) is 0 Å². The first-order valence-corrected chi connectivity index (χ1v) is 5.87. The lowest BCUT2D eigenvalue weighted by atomic mass is 10.1. The van der Waals surface area contributed by atoms with Gasteiger partial charge in [-0.2, -0.15) is 5.26 Å². The topological polar surface area (TPSA) is 40.2 Å². The summed E-state index contributed by atoms with van der Waals surface area (Å²) in [5.74, 6) is 1.87. The van der Waals surface area contributed by atoms with Crippen molar-refractivity contribution in [3.8, 4) is 6.07 Å². The highest BCUT2D eigenvalue weighted by molar-refractivity contribution is 5.55. The maximum absolute atomic E-state index is 8.85. The summed E-state index contributed by atoms with van der Waals surface area (Å²) in [4.78, 5) is 2.12. The molecular weight excluding hydrogens is 224 g/mol. The molecule has 92 valence electrons. The zero-order chi connectivity index (χ0) is 13.1. The molecule has 3 heteroatoms. The van der Waals surface area contributed by atoms with E-state index < -0.39 is 0 Å². The summed E-state index contributed by atoms with van der Waals surface area (Å²) in [5.41, 5.74) is 2.90. The van der Waals surface area contributed by atoms with Crippen LogP contribution in [0.5, 0.6) is 0 Å². The highest BCUT2D eigenvalue weighted by Gasteiger charge is 2.08. The van der Waals surface area contributed by atoms with Crippen LogP contribution in [0.15, 0.2) is 34.7 Å². The van der Waals surface area contributed by atoms with Gasteiger partial charge in [-0.05, 0) is 49.7 Å². The molecule has 1 heterocycles. The van der Waals surface area contributed by atoms with Gasteiger partial charge in [0.05, 0.1) is 18.2 Å². The fourth-order valence-electron chi connectivity index (χ4n) is 2.04. The van der Waals surface area contributed by atoms with Crippen molar-refractivity contribution >= 4 is 5.69 Å². The first kappa shape index (κ1) is 12.3. The average Bonchev–Trinajstić information content (AvgIpc) is 2.74. The van der Waals surface area contributed by atoms with Crippen molar-refractivity contribution in [3.05, 3.63) is 53.0 Å². The minimum Gasteiger partial charge on any atom is -0.464 e. The van der Waals surface area contributed by atoms with Crippen LogP contribution in [-0.4, -0.2) is 7.05 Å². The van der Waals surface area contributed by atoms with Crippen LogP contribution in [0.2, 0.25) is 0 Å². The third kappa shape index (κ3) is 2.54. The van der Waals surface area contributed by atoms with Gasteiger partial charge in [0.15, 0.2) is 0 Å². The molecule has 3 nitrogen and oxygen atoms in total. The average molecular weight is 240 g/mol. The summed E-state index contributed by atoms with van der Waals surface area (Å²) in [6.07, 6.45) is 0. The molecule has 0 fully saturated rings. The molecule has 0 saturated heterocycles. The lowest BCUT2D eigenvalue weighted by Crippen LogP contribution is -2.17. The predicted molar refractivity (Wildman–Crippen MR) is 71.4 cm³/mol. The molecule has 0 aliphatic rings. The number of benzene rings is 1. The number of nitrogens with zero attached hydrogens (tertiary/aromatic N) is 2. The molecule has 0 radical (unpaired) electrons. The molecule has 0 saturated carbocycles. The summed E-state index contributed by atoms with van der Waals surface area (Å²) in [5, 5.41) is 8.85. The smallest absolute Gasteiger partial charge is 0.123 e. The molecule has 0 spiro atoms. The van der Waals surface area contributed by atoms with Crippen LogP contribution in [0.25, 0.3) is 0 Å². The fraction of sp³-hybridized carbons (Fsp3) is 0.267. The van der Waals surface area contributed by atoms with Crippen molar-refractivity contribution < 1.29 is 4.42 Å². The highest BCUT2D eigenvalue weighted by atomic mass is 16.3. The van der Waals surface area contributed by atoms with E-state index in [1.54, 1.807) is 0 Å². The number of hydrogen-bond donors (Lipinski definition) is 0. The minimum absolute atomic E-state index is 0.693. The number of rotatable bonds is 3. The molecule has 0 aliphatic heterocycles. The summed E-state index contributed by atoms with van der Waals surface area (Å²) in [6.45, 7) is 4.68. The number of nitriles is 1. The summed E-state index contributed by atoms with van der Waals surface area (Å²) in [7, 11) is 2.02. The Bertz CT molecular complexity index is 593. The summed E-state index contributed by atoms with van der Waals surface area (Å²) >= 11 is 0. The summed E-state index contributed by atoms with van der Waals surface area (Å²) < 4.78 is 5.57. The molecule has 0 N–H and O–H groups in total. The number of furan rings is 1. The van der Waals surface area contributed by atoms with Crippen LogP contribution in [0.1, 0.15) is 22.6 Å². The number of anilines is 1. The van der Waals surface area contributed by atoms with Crippen molar-refractivity contribution in [2.75, 3.05) is 11.9 Å². The largest absolute Gasteiger partial charge is 0.464 e. The van der Waals surface area contributed by atoms with E-state index in [1.807, 2.05) is 51.2 Å². The Morgan fingerprint density at radius 2 is 2.00 bits per heavy atom. The molecule has 0 amide bonds. The van der Waals surface area contributed by atoms with E-state index in [0.29, 0.717) is 5.56 Å². The molecule has 1 aromatic carbocycles. The van der Waals surface area contributed by atoms with Crippen molar-refractivity contribution in [3.63, 3.8) is 0 Å². The Labute approximate surface area is 107 Å². The molecule has 0 unspecified atom stereocenters. The second-order valence-electron chi connectivity index (χ2n) is 4.48. The van der Waals surface area contributed by atoms with Crippen LogP contribution < -0.4 is 4.90 Å². The van der Waals surface area contributed by atoms with Crippen molar-refractivity contribution in [2.45, 2.75) is 20.4 Å². The van der Waals surface area contributed by atoms with Gasteiger partial charge in [-0.3, -0.25) is 0 Å². The lowest BCUT2D eigenvalue weighted by Gasteiger charge is -2.20. The van der Waals surface area contributed by atoms with Gasteiger partial charge >= 0.3 is 0 Å². The maximum Gasteiger partial charge on any atom is 0.123 e. The van der Waals surface area contributed by atoms with Crippen LogP contribution in [-0.2, 0) is 6.54 Å². The minimum atomic E-state index is 0.693. The van der Waals surface area contributed by atoms with Gasteiger partial charge < -0.3 is 9.32 Å². The molecular formula is C15H16N2O. The number of hydrogen-bond acceptors (Lipinski definition) is 3. The molecule has 0 bridgehead atoms. The van der Waals surface area contributed by atoms with Gasteiger partial charge in [-0.25, -0.2) is 0 Å². The molecule has 1 aromatic heterocycles. The fourth-order valence-corrected chi connectivity index (χ4v) is 2.04. The van der Waals surface area contributed by atoms with E-state index in [-0.39, 0.29) is 0 Å². The van der Waals surface area contributed by atoms with Gasteiger partial charge in [-0.15, -0.1) is 0 Å². The monoisotopic (exact) mass is 240 g/mol. The standard InChI is InChI=1S/C15H16N2O/c1-11-8-13(9-16)5-7-15(11)17(3)10-14-6-4-12(2)18-14/h4-8H,10H2,1-3H3. The van der Waals surface area contributed by atoms with Crippen molar-refractivity contribution in [1.29, 1.82) is 5.26 Å². The molecule has 0 aliphatic carbocycles. The third-order valence-corrected chi connectivity index (χ3v) is 2.93. The first-order chi connectivity index (χ1) is 8.60. The van der Waals surface area contributed by atoms with Crippen LogP contribution in [0.3, 0.4) is 0 Å². The van der Waals surface area contributed by atoms with Crippen LogP contribution in [0, 0.1) is 25.2 Å². The van der Waals surface area contributed by atoms with Gasteiger partial charge in [-0.1, -0.05) is 0 Å². The zero-order valence-electron chi connectivity index (χ0n) is 10.9. The van der Waals surface area contributed by atoms with E-state index >= 15 is 0 Å². The van der Waals surface area contributed by atoms with Gasteiger partial charge in [0.25, 0.3) is 0 Å². The second-order valence-corrected chi connectivity index (χ2v) is 4.48. The van der Waals surface area contributed by atoms with Crippen LogP contribution >= 0.6 is 0 Å². The lowest BCUT2D eigenvalue weighted by molar-refractivity contribution is 0.481. The molecule has 2 rings (SSSR count). The van der Waals surface area contributed by atoms with E-state index in [4.69, 9.17) is 9.68 Å².